The Morgan fingerprint density at radius 1 is 1.06 bits per heavy atom. The van der Waals surface area contributed by atoms with Crippen LogP contribution in [-0.2, 0) is 10.0 Å². The van der Waals surface area contributed by atoms with Crippen LogP contribution in [0.25, 0.3) is 0 Å². The van der Waals surface area contributed by atoms with Crippen LogP contribution in [-0.4, -0.2) is 44.7 Å². The monoisotopic (exact) mass is 334 g/mol. The number of hydrogen-bond donors (Lipinski definition) is 0. The van der Waals surface area contributed by atoms with Crippen molar-refractivity contribution in [2.75, 3.05) is 36.8 Å². The van der Waals surface area contributed by atoms with Crippen LogP contribution in [0.1, 0.15) is 6.92 Å². The predicted molar refractivity (Wildman–Crippen MR) is 80.0 cm³/mol. The molecule has 1 heterocycles. The summed E-state index contributed by atoms with van der Waals surface area (Å²) in [4.78, 5) is 2.22. The third kappa shape index (κ3) is 3.46. The minimum atomic E-state index is -3.02. The number of halogens is 1. The highest BCUT2D eigenvalue weighted by atomic mass is 79.9. The topological polar surface area (TPSA) is 40.6 Å². The largest absolute Gasteiger partial charge is 0.369 e. The average molecular weight is 335 g/mol. The van der Waals surface area contributed by atoms with Crippen LogP contribution in [0.2, 0.25) is 0 Å². The third-order valence-electron chi connectivity index (χ3n) is 3.12. The smallest absolute Gasteiger partial charge is 0.213 e. The quantitative estimate of drug-likeness (QED) is 0.845. The lowest BCUT2D eigenvalue weighted by Crippen LogP contribution is -2.49. The summed E-state index contributed by atoms with van der Waals surface area (Å²) in [5, 5.41) is 0. The van der Waals surface area contributed by atoms with E-state index < -0.39 is 10.0 Å². The maximum absolute atomic E-state index is 11.7. The van der Waals surface area contributed by atoms with Crippen LogP contribution >= 0.6 is 17.0 Å². The van der Waals surface area contributed by atoms with Gasteiger partial charge in [-0.1, -0.05) is 18.2 Å². The zero-order valence-electron chi connectivity index (χ0n) is 10.4. The Morgan fingerprint density at radius 3 is 2.11 bits per heavy atom. The van der Waals surface area contributed by atoms with Crippen LogP contribution in [0, 0.1) is 0 Å². The zero-order chi connectivity index (χ0) is 12.3. The summed E-state index contributed by atoms with van der Waals surface area (Å²) in [6.07, 6.45) is 0. The zero-order valence-corrected chi connectivity index (χ0v) is 13.0. The maximum atomic E-state index is 11.7. The highest BCUT2D eigenvalue weighted by molar-refractivity contribution is 8.93. The second kappa shape index (κ2) is 6.54. The van der Waals surface area contributed by atoms with Gasteiger partial charge in [-0.05, 0) is 19.1 Å². The highest BCUT2D eigenvalue weighted by Gasteiger charge is 2.25. The van der Waals surface area contributed by atoms with Gasteiger partial charge in [0.25, 0.3) is 0 Å². The van der Waals surface area contributed by atoms with Crippen LogP contribution < -0.4 is 4.90 Å². The molecule has 4 nitrogen and oxygen atoms in total. The Kier molecular flexibility index (Phi) is 5.62. The van der Waals surface area contributed by atoms with Gasteiger partial charge in [-0.25, -0.2) is 8.42 Å². The van der Waals surface area contributed by atoms with Gasteiger partial charge in [-0.2, -0.15) is 4.31 Å². The molecule has 0 saturated carbocycles. The lowest BCUT2D eigenvalue weighted by atomic mass is 10.2. The second-order valence-corrected chi connectivity index (χ2v) is 6.38. The molecule has 18 heavy (non-hydrogen) atoms. The fraction of sp³-hybridized carbons (Fsp3) is 0.500. The molecule has 6 heteroatoms. The number of nitrogens with zero attached hydrogens (tertiary/aromatic N) is 2. The van der Waals surface area contributed by atoms with E-state index in [9.17, 15) is 8.42 Å². The molecule has 0 unspecified atom stereocenters. The van der Waals surface area contributed by atoms with Gasteiger partial charge in [0.2, 0.25) is 10.0 Å². The molecule has 1 aromatic rings. The van der Waals surface area contributed by atoms with Crippen LogP contribution in [0.15, 0.2) is 30.3 Å². The van der Waals surface area contributed by atoms with Crippen molar-refractivity contribution in [1.82, 2.24) is 4.31 Å². The number of hydrogen-bond acceptors (Lipinski definition) is 3. The Labute approximate surface area is 119 Å². The van der Waals surface area contributed by atoms with E-state index in [1.807, 2.05) is 18.2 Å². The first kappa shape index (κ1) is 15.5. The van der Waals surface area contributed by atoms with Crippen molar-refractivity contribution in [3.8, 4) is 0 Å². The van der Waals surface area contributed by atoms with Gasteiger partial charge in [0, 0.05) is 31.9 Å². The van der Waals surface area contributed by atoms with Gasteiger partial charge in [0.1, 0.15) is 0 Å². The lowest BCUT2D eigenvalue weighted by Gasteiger charge is -2.35. The van der Waals surface area contributed by atoms with Crippen molar-refractivity contribution < 1.29 is 8.42 Å². The fourth-order valence-corrected chi connectivity index (χ4v) is 3.13. The molecule has 102 valence electrons. The molecule has 1 saturated heterocycles. The Bertz CT molecular complexity index is 456. The number of benzene rings is 1. The molecule has 0 amide bonds. The molecule has 1 aliphatic rings. The van der Waals surface area contributed by atoms with Crippen LogP contribution in [0.3, 0.4) is 0 Å². The average Bonchev–Trinajstić information content (AvgIpc) is 2.40. The molecule has 2 rings (SSSR count). The van der Waals surface area contributed by atoms with E-state index in [4.69, 9.17) is 0 Å². The summed E-state index contributed by atoms with van der Waals surface area (Å²) >= 11 is 0. The first-order valence-corrected chi connectivity index (χ1v) is 7.52. The van der Waals surface area contributed by atoms with Gasteiger partial charge < -0.3 is 4.90 Å². The second-order valence-electron chi connectivity index (χ2n) is 4.12. The molecule has 0 bridgehead atoms. The lowest BCUT2D eigenvalue weighted by molar-refractivity contribution is 0.385. The fourth-order valence-electron chi connectivity index (χ4n) is 2.05. The number of rotatable bonds is 3. The molecule has 0 aliphatic carbocycles. The summed E-state index contributed by atoms with van der Waals surface area (Å²) in [5.41, 5.74) is 1.17. The molecular weight excluding hydrogens is 316 g/mol. The first-order chi connectivity index (χ1) is 8.13. The summed E-state index contributed by atoms with van der Waals surface area (Å²) in [7, 11) is -3.02. The summed E-state index contributed by atoms with van der Waals surface area (Å²) < 4.78 is 25.0. The van der Waals surface area contributed by atoms with Crippen LogP contribution in [0.4, 0.5) is 5.69 Å². The minimum Gasteiger partial charge on any atom is -0.369 e. The summed E-state index contributed by atoms with van der Waals surface area (Å²) in [5.74, 6) is 0.193. The molecule has 1 fully saturated rings. The van der Waals surface area contributed by atoms with Crippen molar-refractivity contribution in [2.24, 2.45) is 0 Å². The Balaban J connectivity index is 0.00000162. The number of sulfonamides is 1. The van der Waals surface area contributed by atoms with Gasteiger partial charge in [0.05, 0.1) is 5.75 Å². The highest BCUT2D eigenvalue weighted by Crippen LogP contribution is 2.16. The van der Waals surface area contributed by atoms with Gasteiger partial charge >= 0.3 is 0 Å². The van der Waals surface area contributed by atoms with Crippen molar-refractivity contribution in [3.63, 3.8) is 0 Å². The molecule has 1 aromatic carbocycles. The van der Waals surface area contributed by atoms with E-state index in [1.165, 1.54) is 5.69 Å². The molecule has 1 aliphatic heterocycles. The predicted octanol–water partition coefficient (Wildman–Crippen LogP) is 1.74. The van der Waals surface area contributed by atoms with E-state index in [-0.39, 0.29) is 22.7 Å². The van der Waals surface area contributed by atoms with E-state index >= 15 is 0 Å². The van der Waals surface area contributed by atoms with Crippen molar-refractivity contribution in [2.45, 2.75) is 6.92 Å². The van der Waals surface area contributed by atoms with Crippen molar-refractivity contribution in [3.05, 3.63) is 30.3 Å². The van der Waals surface area contributed by atoms with Gasteiger partial charge in [-0.15, -0.1) is 17.0 Å². The number of anilines is 1. The van der Waals surface area contributed by atoms with Crippen molar-refractivity contribution in [1.29, 1.82) is 0 Å². The molecule has 0 atom stereocenters. The minimum absolute atomic E-state index is 0. The standard InChI is InChI=1S/C12H18N2O2S.BrH/c1-2-17(15,16)14-10-8-13(9-11-14)12-6-4-3-5-7-12;/h3-7H,2,8-11H2,1H3;1H. The van der Waals surface area contributed by atoms with E-state index in [0.717, 1.165) is 13.1 Å². The number of piperazine rings is 1. The van der Waals surface area contributed by atoms with E-state index in [0.29, 0.717) is 13.1 Å². The molecule has 0 radical (unpaired) electrons. The Morgan fingerprint density at radius 2 is 1.61 bits per heavy atom. The molecular formula is C12H19BrN2O2S. The Hall–Kier alpha value is -0.590. The van der Waals surface area contributed by atoms with Crippen LogP contribution in [0.5, 0.6) is 0 Å². The number of para-hydroxylation sites is 1. The first-order valence-electron chi connectivity index (χ1n) is 5.91. The van der Waals surface area contributed by atoms with Gasteiger partial charge in [-0.3, -0.25) is 0 Å². The normalized spacial score (nSPS) is 17.3. The van der Waals surface area contributed by atoms with E-state index in [2.05, 4.69) is 17.0 Å². The SMILES string of the molecule is Br.CCS(=O)(=O)N1CCN(c2ccccc2)CC1. The summed E-state index contributed by atoms with van der Waals surface area (Å²) in [6.45, 7) is 4.40. The molecule has 0 spiro atoms. The maximum Gasteiger partial charge on any atom is 0.213 e. The van der Waals surface area contributed by atoms with Gasteiger partial charge in [0.15, 0.2) is 0 Å². The molecule has 0 N–H and O–H groups in total. The molecule has 0 aromatic heterocycles. The van der Waals surface area contributed by atoms with E-state index in [1.54, 1.807) is 11.2 Å². The van der Waals surface area contributed by atoms with Crippen molar-refractivity contribution >= 4 is 32.7 Å². The summed E-state index contributed by atoms with van der Waals surface area (Å²) in [6, 6.07) is 10.1. The third-order valence-corrected chi connectivity index (χ3v) is 5.00.